The van der Waals surface area contributed by atoms with Crippen LogP contribution in [0.15, 0.2) is 61.2 Å². The summed E-state index contributed by atoms with van der Waals surface area (Å²) in [7, 11) is 0. The van der Waals surface area contributed by atoms with Gasteiger partial charge < -0.3 is 10.4 Å². The summed E-state index contributed by atoms with van der Waals surface area (Å²) in [6, 6.07) is 7.75. The van der Waals surface area contributed by atoms with Crippen molar-refractivity contribution in [2.45, 2.75) is 6.18 Å². The molecule has 0 aliphatic carbocycles. The molecule has 0 bridgehead atoms. The molecule has 0 unspecified atom stereocenters. The number of hydrogen-bond acceptors (Lipinski definition) is 5. The predicted octanol–water partition coefficient (Wildman–Crippen LogP) is 4.29. The SMILES string of the molecule is O=C(O)c1nn(C(=O)Nc2cnccc2C(F)(F)F)c2ccc(-c3cccnc3)cc12. The molecule has 0 saturated carbocycles. The Hall–Kier alpha value is -4.28. The number of rotatable bonds is 3. The van der Waals surface area contributed by atoms with Crippen molar-refractivity contribution in [2.24, 2.45) is 0 Å². The number of aromatic carboxylic acids is 1. The summed E-state index contributed by atoms with van der Waals surface area (Å²) in [6.07, 6.45) is 0.248. The van der Waals surface area contributed by atoms with Crippen molar-refractivity contribution in [3.05, 3.63) is 72.4 Å². The first-order valence-electron chi connectivity index (χ1n) is 8.75. The van der Waals surface area contributed by atoms with Gasteiger partial charge in [0.1, 0.15) is 0 Å². The van der Waals surface area contributed by atoms with Crippen LogP contribution in [0.25, 0.3) is 22.0 Å². The molecular formula is C20H12F3N5O3. The Bertz CT molecular complexity index is 1300. The second-order valence-corrected chi connectivity index (χ2v) is 6.39. The number of anilines is 1. The van der Waals surface area contributed by atoms with Crippen LogP contribution in [0.4, 0.5) is 23.7 Å². The number of hydrogen-bond donors (Lipinski definition) is 2. The van der Waals surface area contributed by atoms with Gasteiger partial charge in [-0.2, -0.15) is 23.0 Å². The molecule has 156 valence electrons. The van der Waals surface area contributed by atoms with Gasteiger partial charge in [0.25, 0.3) is 0 Å². The first-order valence-corrected chi connectivity index (χ1v) is 8.75. The van der Waals surface area contributed by atoms with Crippen molar-refractivity contribution in [1.82, 2.24) is 19.7 Å². The Kier molecular flexibility index (Phi) is 4.85. The van der Waals surface area contributed by atoms with Gasteiger partial charge in [0.2, 0.25) is 0 Å². The zero-order chi connectivity index (χ0) is 22.2. The molecule has 4 rings (SSSR count). The van der Waals surface area contributed by atoms with Gasteiger partial charge in [-0.25, -0.2) is 9.59 Å². The number of carbonyl (C=O) groups is 2. The van der Waals surface area contributed by atoms with Crippen LogP contribution >= 0.6 is 0 Å². The molecule has 0 spiro atoms. The van der Waals surface area contributed by atoms with E-state index in [0.717, 1.165) is 18.5 Å². The summed E-state index contributed by atoms with van der Waals surface area (Å²) in [4.78, 5) is 32.0. The van der Waals surface area contributed by atoms with Crippen molar-refractivity contribution >= 4 is 28.6 Å². The van der Waals surface area contributed by atoms with E-state index in [1.807, 2.05) is 0 Å². The highest BCUT2D eigenvalue weighted by Crippen LogP contribution is 2.34. The van der Waals surface area contributed by atoms with Crippen LogP contribution in [0.5, 0.6) is 0 Å². The fourth-order valence-corrected chi connectivity index (χ4v) is 3.05. The van der Waals surface area contributed by atoms with E-state index in [4.69, 9.17) is 0 Å². The van der Waals surface area contributed by atoms with Gasteiger partial charge in [-0.05, 0) is 29.8 Å². The van der Waals surface area contributed by atoms with Gasteiger partial charge in [-0.1, -0.05) is 12.1 Å². The molecule has 31 heavy (non-hydrogen) atoms. The molecule has 0 saturated heterocycles. The Morgan fingerprint density at radius 2 is 1.77 bits per heavy atom. The monoisotopic (exact) mass is 427 g/mol. The summed E-state index contributed by atoms with van der Waals surface area (Å²) >= 11 is 0. The molecule has 1 aromatic carbocycles. The standard InChI is InChI=1S/C20H12F3N5O3/c21-20(22,23)14-5-7-25-10-15(14)26-19(31)28-16-4-3-11(12-2-1-6-24-9-12)8-13(16)17(27-28)18(29)30/h1-10H,(H,26,31)(H,29,30). The van der Waals surface area contributed by atoms with Gasteiger partial charge in [-0.15, -0.1) is 0 Å². The van der Waals surface area contributed by atoms with E-state index < -0.39 is 35.1 Å². The van der Waals surface area contributed by atoms with E-state index in [0.29, 0.717) is 15.8 Å². The minimum atomic E-state index is -4.72. The van der Waals surface area contributed by atoms with E-state index in [9.17, 15) is 27.9 Å². The number of pyridine rings is 2. The molecule has 0 atom stereocenters. The van der Waals surface area contributed by atoms with Crippen LogP contribution in [0.2, 0.25) is 0 Å². The second kappa shape index (κ2) is 7.52. The summed E-state index contributed by atoms with van der Waals surface area (Å²) in [5.74, 6) is -1.39. The Morgan fingerprint density at radius 1 is 1.00 bits per heavy atom. The third-order valence-corrected chi connectivity index (χ3v) is 4.44. The number of benzene rings is 1. The van der Waals surface area contributed by atoms with Crippen LogP contribution in [-0.2, 0) is 6.18 Å². The Balaban J connectivity index is 1.78. The Labute approximate surface area is 172 Å². The molecule has 3 heterocycles. The number of aromatic nitrogens is 4. The minimum absolute atomic E-state index is 0.111. The van der Waals surface area contributed by atoms with Crippen LogP contribution in [0.1, 0.15) is 16.1 Å². The highest BCUT2D eigenvalue weighted by atomic mass is 19.4. The fourth-order valence-electron chi connectivity index (χ4n) is 3.05. The zero-order valence-corrected chi connectivity index (χ0v) is 15.5. The largest absolute Gasteiger partial charge is 0.476 e. The number of alkyl halides is 3. The van der Waals surface area contributed by atoms with Gasteiger partial charge in [0.15, 0.2) is 5.69 Å². The van der Waals surface area contributed by atoms with E-state index >= 15 is 0 Å². The Morgan fingerprint density at radius 3 is 2.45 bits per heavy atom. The maximum atomic E-state index is 13.2. The lowest BCUT2D eigenvalue weighted by molar-refractivity contribution is -0.137. The minimum Gasteiger partial charge on any atom is -0.476 e. The molecule has 0 aliphatic heterocycles. The number of halogens is 3. The van der Waals surface area contributed by atoms with E-state index in [2.05, 4.69) is 20.4 Å². The molecule has 0 aliphatic rings. The second-order valence-electron chi connectivity index (χ2n) is 6.39. The van der Waals surface area contributed by atoms with E-state index in [1.54, 1.807) is 30.6 Å². The number of carboxylic acid groups (broad SMARTS) is 1. The number of fused-ring (bicyclic) bond motifs is 1. The molecule has 3 aromatic heterocycles. The summed E-state index contributed by atoms with van der Waals surface area (Å²) < 4.78 is 40.3. The molecule has 4 aromatic rings. The number of carbonyl (C=O) groups excluding carboxylic acids is 1. The topological polar surface area (TPSA) is 110 Å². The number of carboxylic acids is 1. The number of nitrogens with one attached hydrogen (secondary N) is 1. The third-order valence-electron chi connectivity index (χ3n) is 4.44. The van der Waals surface area contributed by atoms with Gasteiger partial charge in [-0.3, -0.25) is 9.97 Å². The molecule has 8 nitrogen and oxygen atoms in total. The van der Waals surface area contributed by atoms with Crippen molar-refractivity contribution in [3.63, 3.8) is 0 Å². The number of nitrogens with zero attached hydrogens (tertiary/aromatic N) is 4. The average Bonchev–Trinajstić information content (AvgIpc) is 3.13. The van der Waals surface area contributed by atoms with Crippen molar-refractivity contribution in [1.29, 1.82) is 0 Å². The quantitative estimate of drug-likeness (QED) is 0.505. The maximum Gasteiger partial charge on any atom is 0.418 e. The first kappa shape index (κ1) is 20.0. The predicted molar refractivity (Wildman–Crippen MR) is 104 cm³/mol. The van der Waals surface area contributed by atoms with Crippen LogP contribution < -0.4 is 5.32 Å². The number of amides is 1. The lowest BCUT2D eigenvalue weighted by atomic mass is 10.0. The summed E-state index contributed by atoms with van der Waals surface area (Å²) in [5.41, 5.74) is -0.631. The van der Waals surface area contributed by atoms with E-state index in [1.165, 1.54) is 12.1 Å². The molecule has 0 radical (unpaired) electrons. The van der Waals surface area contributed by atoms with Gasteiger partial charge >= 0.3 is 18.2 Å². The molecule has 1 amide bonds. The molecular weight excluding hydrogens is 415 g/mol. The third kappa shape index (κ3) is 3.80. The van der Waals surface area contributed by atoms with Crippen LogP contribution in [-0.4, -0.2) is 36.9 Å². The average molecular weight is 427 g/mol. The molecule has 11 heteroatoms. The van der Waals surface area contributed by atoms with Crippen molar-refractivity contribution < 1.29 is 27.9 Å². The van der Waals surface area contributed by atoms with Gasteiger partial charge in [0, 0.05) is 29.5 Å². The lowest BCUT2D eigenvalue weighted by Crippen LogP contribution is -2.23. The molecule has 2 N–H and O–H groups in total. The van der Waals surface area contributed by atoms with Crippen LogP contribution in [0.3, 0.4) is 0 Å². The smallest absolute Gasteiger partial charge is 0.418 e. The maximum absolute atomic E-state index is 13.2. The first-order chi connectivity index (χ1) is 14.8. The summed E-state index contributed by atoms with van der Waals surface area (Å²) in [5, 5.41) is 15.5. The fraction of sp³-hybridized carbons (Fsp3) is 0.0500. The normalized spacial score (nSPS) is 11.5. The highest BCUT2D eigenvalue weighted by Gasteiger charge is 2.34. The summed E-state index contributed by atoms with van der Waals surface area (Å²) in [6.45, 7) is 0. The molecule has 0 fully saturated rings. The zero-order valence-electron chi connectivity index (χ0n) is 15.5. The van der Waals surface area contributed by atoms with Crippen molar-refractivity contribution in [2.75, 3.05) is 5.32 Å². The van der Waals surface area contributed by atoms with Crippen molar-refractivity contribution in [3.8, 4) is 11.1 Å². The van der Waals surface area contributed by atoms with E-state index in [-0.39, 0.29) is 10.9 Å². The lowest BCUT2D eigenvalue weighted by Gasteiger charge is -2.13. The highest BCUT2D eigenvalue weighted by molar-refractivity contribution is 6.06. The van der Waals surface area contributed by atoms with Crippen LogP contribution in [0, 0.1) is 0 Å². The van der Waals surface area contributed by atoms with Gasteiger partial charge in [0.05, 0.1) is 23.0 Å².